The zero-order chi connectivity index (χ0) is 17.8. The van der Waals surface area contributed by atoms with Crippen LogP contribution in [0.2, 0.25) is 0 Å². The zero-order valence-corrected chi connectivity index (χ0v) is 14.4. The maximum atomic E-state index is 12.3. The smallest absolute Gasteiger partial charge is 0.261 e. The summed E-state index contributed by atoms with van der Waals surface area (Å²) in [6, 6.07) is 5.30. The molecule has 0 aromatic carbocycles. The number of furan rings is 1. The lowest BCUT2D eigenvalue weighted by Gasteiger charge is -2.01. The third-order valence-electron chi connectivity index (χ3n) is 3.59. The van der Waals surface area contributed by atoms with E-state index in [9.17, 15) is 14.0 Å². The first-order chi connectivity index (χ1) is 12.1. The molecule has 0 spiro atoms. The Balaban J connectivity index is 1.71. The molecule has 0 aliphatic carbocycles. The predicted octanol–water partition coefficient (Wildman–Crippen LogP) is 2.13. The Kier molecular flexibility index (Phi) is 5.13. The van der Waals surface area contributed by atoms with Crippen LogP contribution in [0.4, 0.5) is 4.39 Å². The third-order valence-corrected chi connectivity index (χ3v) is 4.79. The number of fused-ring (bicyclic) bond motifs is 1. The Hall–Kier alpha value is -2.68. The summed E-state index contributed by atoms with van der Waals surface area (Å²) >= 11 is 1.32. The van der Waals surface area contributed by atoms with E-state index < -0.39 is 6.67 Å². The van der Waals surface area contributed by atoms with Gasteiger partial charge < -0.3 is 15.1 Å². The molecule has 132 valence electrons. The van der Waals surface area contributed by atoms with Gasteiger partial charge in [0.2, 0.25) is 5.91 Å². The van der Waals surface area contributed by atoms with Crippen LogP contribution < -0.4 is 10.6 Å². The number of hydrogen-bond donors (Lipinski definition) is 2. The summed E-state index contributed by atoms with van der Waals surface area (Å²) in [5, 5.41) is 10.6. The van der Waals surface area contributed by atoms with E-state index in [2.05, 4.69) is 15.7 Å². The van der Waals surface area contributed by atoms with Crippen molar-refractivity contribution in [3.05, 3.63) is 40.8 Å². The van der Waals surface area contributed by atoms with E-state index in [4.69, 9.17) is 4.42 Å². The molecular formula is C16H17FN4O3S. The number of nitrogens with zero attached hydrogens (tertiary/aromatic N) is 2. The third kappa shape index (κ3) is 3.87. The molecule has 0 unspecified atom stereocenters. The Morgan fingerprint density at radius 1 is 1.36 bits per heavy atom. The Morgan fingerprint density at radius 2 is 2.20 bits per heavy atom. The summed E-state index contributed by atoms with van der Waals surface area (Å²) < 4.78 is 19.0. The molecule has 0 aliphatic heterocycles. The minimum absolute atomic E-state index is 0.167. The zero-order valence-electron chi connectivity index (χ0n) is 13.5. The fourth-order valence-electron chi connectivity index (χ4n) is 2.38. The first kappa shape index (κ1) is 17.2. The number of aryl methyl sites for hydroxylation is 1. The molecule has 2 amide bonds. The van der Waals surface area contributed by atoms with E-state index in [0.29, 0.717) is 22.9 Å². The van der Waals surface area contributed by atoms with Crippen molar-refractivity contribution in [2.75, 3.05) is 6.67 Å². The molecule has 3 heterocycles. The van der Waals surface area contributed by atoms with Crippen LogP contribution in [-0.2, 0) is 24.9 Å². The van der Waals surface area contributed by atoms with Crippen molar-refractivity contribution in [3.8, 4) is 0 Å². The summed E-state index contributed by atoms with van der Waals surface area (Å²) in [6.07, 6.45) is 1.39. The lowest BCUT2D eigenvalue weighted by molar-refractivity contribution is -0.121. The van der Waals surface area contributed by atoms with E-state index >= 15 is 0 Å². The molecule has 2 N–H and O–H groups in total. The molecule has 0 saturated carbocycles. The van der Waals surface area contributed by atoms with Crippen LogP contribution in [0.25, 0.3) is 10.2 Å². The average molecular weight is 364 g/mol. The number of carbonyl (C=O) groups excluding carboxylic acids is 2. The quantitative estimate of drug-likeness (QED) is 0.672. The summed E-state index contributed by atoms with van der Waals surface area (Å²) in [5.74, 6) is 0.102. The highest BCUT2D eigenvalue weighted by Gasteiger charge is 2.17. The van der Waals surface area contributed by atoms with Crippen molar-refractivity contribution in [2.24, 2.45) is 7.05 Å². The lowest BCUT2D eigenvalue weighted by atomic mass is 10.2. The second kappa shape index (κ2) is 7.47. The van der Waals surface area contributed by atoms with Crippen LogP contribution >= 0.6 is 11.3 Å². The highest BCUT2D eigenvalue weighted by Crippen LogP contribution is 2.28. The molecule has 7 nitrogen and oxygen atoms in total. The van der Waals surface area contributed by atoms with E-state index in [0.717, 1.165) is 10.2 Å². The number of halogens is 1. The Bertz CT molecular complexity index is 885. The molecule has 0 radical (unpaired) electrons. The molecule has 25 heavy (non-hydrogen) atoms. The topological polar surface area (TPSA) is 89.2 Å². The highest BCUT2D eigenvalue weighted by molar-refractivity contribution is 7.20. The van der Waals surface area contributed by atoms with Crippen LogP contribution in [0.3, 0.4) is 0 Å². The van der Waals surface area contributed by atoms with Crippen molar-refractivity contribution in [1.82, 2.24) is 20.4 Å². The number of amides is 2. The number of hydrogen-bond acceptors (Lipinski definition) is 5. The van der Waals surface area contributed by atoms with Gasteiger partial charge in [-0.25, -0.2) is 0 Å². The largest absolute Gasteiger partial charge is 0.467 e. The molecular weight excluding hydrogens is 347 g/mol. The standard InChI is InChI=1S/C16H17FN4O3S/c1-21-16-11(12(20-21)9-18-14(22)4-5-17)7-13(25-16)15(23)19-8-10-3-2-6-24-10/h2-3,6-7H,4-5,8-9H2,1H3,(H,18,22)(H,19,23). The second-order valence-corrected chi connectivity index (χ2v) is 6.41. The number of carbonyl (C=O) groups is 2. The highest BCUT2D eigenvalue weighted by atomic mass is 32.1. The van der Waals surface area contributed by atoms with Gasteiger partial charge >= 0.3 is 0 Å². The predicted molar refractivity (Wildman–Crippen MR) is 90.9 cm³/mol. The van der Waals surface area contributed by atoms with Gasteiger partial charge in [-0.3, -0.25) is 18.7 Å². The van der Waals surface area contributed by atoms with Crippen LogP contribution in [0, 0.1) is 0 Å². The van der Waals surface area contributed by atoms with E-state index in [1.54, 1.807) is 36.2 Å². The molecule has 3 aromatic heterocycles. The fourth-order valence-corrected chi connectivity index (χ4v) is 3.39. The van der Waals surface area contributed by atoms with Crippen LogP contribution in [0.1, 0.15) is 27.5 Å². The van der Waals surface area contributed by atoms with E-state index in [-0.39, 0.29) is 24.8 Å². The van der Waals surface area contributed by atoms with E-state index in [1.807, 2.05) is 0 Å². The van der Waals surface area contributed by atoms with Gasteiger partial charge in [-0.1, -0.05) is 0 Å². The van der Waals surface area contributed by atoms with Gasteiger partial charge in [-0.15, -0.1) is 11.3 Å². The summed E-state index contributed by atoms with van der Waals surface area (Å²) in [6.45, 7) is -0.188. The van der Waals surface area contributed by atoms with Crippen LogP contribution in [0.5, 0.6) is 0 Å². The van der Waals surface area contributed by atoms with Gasteiger partial charge in [0.15, 0.2) is 0 Å². The molecule has 0 atom stereocenters. The van der Waals surface area contributed by atoms with Gasteiger partial charge in [-0.05, 0) is 18.2 Å². The molecule has 3 aromatic rings. The fraction of sp³-hybridized carbons (Fsp3) is 0.312. The molecule has 0 fully saturated rings. The summed E-state index contributed by atoms with van der Waals surface area (Å²) in [4.78, 5) is 25.1. The second-order valence-electron chi connectivity index (χ2n) is 5.38. The Labute approximate surface area is 146 Å². The summed E-state index contributed by atoms with van der Waals surface area (Å²) in [5.41, 5.74) is 0.644. The van der Waals surface area contributed by atoms with E-state index in [1.165, 1.54) is 11.3 Å². The normalized spacial score (nSPS) is 11.0. The number of rotatable bonds is 7. The Morgan fingerprint density at radius 3 is 2.92 bits per heavy atom. The summed E-state index contributed by atoms with van der Waals surface area (Å²) in [7, 11) is 1.77. The van der Waals surface area contributed by atoms with Crippen molar-refractivity contribution in [3.63, 3.8) is 0 Å². The van der Waals surface area contributed by atoms with Crippen LogP contribution in [-0.4, -0.2) is 28.3 Å². The average Bonchev–Trinajstić information content (AvgIpc) is 3.30. The minimum atomic E-state index is -0.693. The minimum Gasteiger partial charge on any atom is -0.467 e. The lowest BCUT2D eigenvalue weighted by Crippen LogP contribution is -2.23. The molecule has 0 saturated heterocycles. The van der Waals surface area contributed by atoms with Crippen LogP contribution in [0.15, 0.2) is 28.9 Å². The van der Waals surface area contributed by atoms with Gasteiger partial charge in [0.1, 0.15) is 10.6 Å². The van der Waals surface area contributed by atoms with Crippen molar-refractivity contribution >= 4 is 33.4 Å². The number of aromatic nitrogens is 2. The van der Waals surface area contributed by atoms with Gasteiger partial charge in [-0.2, -0.15) is 5.10 Å². The number of nitrogens with one attached hydrogen (secondary N) is 2. The maximum Gasteiger partial charge on any atom is 0.261 e. The van der Waals surface area contributed by atoms with Gasteiger partial charge in [0, 0.05) is 12.4 Å². The number of alkyl halides is 1. The monoisotopic (exact) mass is 364 g/mol. The maximum absolute atomic E-state index is 12.3. The number of thiophene rings is 1. The van der Waals surface area contributed by atoms with Gasteiger partial charge in [0.25, 0.3) is 5.91 Å². The first-order valence-corrected chi connectivity index (χ1v) is 8.48. The SMILES string of the molecule is Cn1nc(CNC(=O)CCF)c2cc(C(=O)NCc3ccco3)sc21. The molecule has 9 heteroatoms. The van der Waals surface area contributed by atoms with Gasteiger partial charge in [0.05, 0.1) is 43.0 Å². The van der Waals surface area contributed by atoms with Crippen molar-refractivity contribution in [1.29, 1.82) is 0 Å². The molecule has 0 bridgehead atoms. The van der Waals surface area contributed by atoms with Crippen molar-refractivity contribution < 1.29 is 18.4 Å². The first-order valence-electron chi connectivity index (χ1n) is 7.67. The van der Waals surface area contributed by atoms with Crippen molar-refractivity contribution in [2.45, 2.75) is 19.5 Å². The molecule has 3 rings (SSSR count). The molecule has 0 aliphatic rings.